The van der Waals surface area contributed by atoms with Gasteiger partial charge < -0.3 is 60.7 Å². The molecule has 0 aliphatic heterocycles. The summed E-state index contributed by atoms with van der Waals surface area (Å²) in [6.45, 7) is 8.00. The zero-order valence-corrected chi connectivity index (χ0v) is 70.0. The number of nitrogens with two attached hydrogens (primary N) is 1. The number of benzene rings is 10. The number of H-pyrrole nitrogens is 3. The van der Waals surface area contributed by atoms with E-state index in [0.29, 0.717) is 53.4 Å². The SMILES string of the molecule is CC.CC.COC(=O)c1cc(O)ccc1F.COC(=O)c1cc(Oc2n[nH]c(=O)c3ccccc23)ccc1F.COC(=O)c1cc(Oc2nnc(Cl)c3ccccc23)ccc1F.Clc1nnc(Cl)c2ccccc12.N.NC(=O)c1cc(Oc2n[nH]c(=O)c3ccccc23)ccc1F.O=C(O)c1cc(Oc2n[nH]c(=O)c3ccccc23)ccc1F.[K+].[OH-]. The Balaban J connectivity index is 0.000000259. The van der Waals surface area contributed by atoms with Gasteiger partial charge in [-0.05, 0) is 133 Å². The maximum Gasteiger partial charge on any atom is 1.00 e. The predicted octanol–water partition coefficient (Wildman–Crippen LogP) is 14.4. The van der Waals surface area contributed by atoms with Crippen molar-refractivity contribution in [3.05, 3.63) is 316 Å². The first-order chi connectivity index (χ1) is 56.7. The van der Waals surface area contributed by atoms with E-state index in [1.807, 2.05) is 58.0 Å². The molecule has 15 aromatic rings. The molecule has 30 nitrogen and oxygen atoms in total. The molecule has 0 aliphatic carbocycles. The number of hydrogen-bond donors (Lipinski definition) is 7. The Kier molecular flexibility index (Phi) is 38.5. The first kappa shape index (κ1) is 98.3. The van der Waals surface area contributed by atoms with Crippen LogP contribution in [0.5, 0.6) is 52.3 Å². The normalized spacial score (nSPS) is 9.94. The van der Waals surface area contributed by atoms with Crippen LogP contribution in [0.3, 0.4) is 0 Å². The molecule has 0 saturated carbocycles. The fourth-order valence-electron chi connectivity index (χ4n) is 10.0. The number of aromatic carboxylic acids is 1. The summed E-state index contributed by atoms with van der Waals surface area (Å²) >= 11 is 17.6. The molecule has 10 aromatic carbocycles. The zero-order chi connectivity index (χ0) is 85.9. The van der Waals surface area contributed by atoms with Gasteiger partial charge in [-0.25, -0.2) is 56.4 Å². The number of aromatic nitrogens is 10. The summed E-state index contributed by atoms with van der Waals surface area (Å²) in [4.78, 5) is 91.0. The van der Waals surface area contributed by atoms with Gasteiger partial charge in [0, 0.05) is 21.5 Å². The summed E-state index contributed by atoms with van der Waals surface area (Å²) < 4.78 is 102. The van der Waals surface area contributed by atoms with Gasteiger partial charge >= 0.3 is 75.3 Å². The minimum atomic E-state index is -1.40. The van der Waals surface area contributed by atoms with Crippen molar-refractivity contribution in [2.24, 2.45) is 5.73 Å². The van der Waals surface area contributed by atoms with E-state index in [-0.39, 0.29) is 159 Å². The number of carboxylic acid groups (broad SMARTS) is 1. The summed E-state index contributed by atoms with van der Waals surface area (Å²) in [5.74, 6) is -7.33. The van der Waals surface area contributed by atoms with E-state index in [0.717, 1.165) is 73.5 Å². The third kappa shape index (κ3) is 25.6. The maximum absolute atomic E-state index is 13.6. The summed E-state index contributed by atoms with van der Waals surface area (Å²) in [6.07, 6.45) is 0. The molecule has 0 bridgehead atoms. The average Bonchev–Trinajstić information content (AvgIpc) is 0.805. The number of carbonyl (C=O) groups is 5. The van der Waals surface area contributed by atoms with E-state index in [2.05, 4.69) is 65.2 Å². The first-order valence-corrected chi connectivity index (χ1v) is 35.4. The summed E-state index contributed by atoms with van der Waals surface area (Å²) in [6, 6.07) is 52.3. The van der Waals surface area contributed by atoms with E-state index in [4.69, 9.17) is 69.7 Å². The second kappa shape index (κ2) is 47.4. The number of aromatic hydroxyl groups is 1. The molecule has 1 amide bonds. The number of carbonyl (C=O) groups excluding carboxylic acids is 4. The molecule has 0 spiro atoms. The van der Waals surface area contributed by atoms with Crippen LogP contribution in [0.2, 0.25) is 15.5 Å². The van der Waals surface area contributed by atoms with Gasteiger partial charge in [-0.2, -0.15) is 0 Å². The molecular weight excluding hydrogens is 1680 g/mol. The van der Waals surface area contributed by atoms with Crippen molar-refractivity contribution in [1.82, 2.24) is 57.1 Å². The predicted molar refractivity (Wildman–Crippen MR) is 434 cm³/mol. The number of primary amides is 1. The number of esters is 3. The summed E-state index contributed by atoms with van der Waals surface area (Å²) in [5.41, 5.74) is 2.49. The van der Waals surface area contributed by atoms with Crippen LogP contribution in [0.1, 0.15) is 79.5 Å². The molecule has 0 saturated heterocycles. The Bertz CT molecular complexity index is 6210. The molecular formula is C82H67Cl3F5KN12O18. The van der Waals surface area contributed by atoms with Crippen molar-refractivity contribution in [2.75, 3.05) is 21.3 Å². The standard InChI is InChI=1S/C16H10ClFN2O3.C16H11FN2O4.C15H10FN3O3.C15H9FN2O4.C8H4Cl2N2.C8H7FO3.2C2H6.K.H3N.H2O/c1-22-16(21)12-8-9(6-7-13(12)18)23-15-11-5-3-2-4-10(11)14(17)19-20-15;1-22-16(21)12-8-9(6-7-13(12)17)23-15-11-5-3-2-4-10(11)14(20)18-19-15;16-12-6-5-8(7-11(12)13(17)20)22-15-10-4-2-1-3-9(10)14(21)18-19-15;16-12-6-5-8(7-11(12)15(20)21)22-14-10-4-2-1-3-9(10)13(19)17-18-14;9-7-5-3-1-2-4-6(5)8(10)12-11-7;1-12-8(11)6-4-5(10)2-3-7(6)9;2*1-2;;;/h2-8H,1H3;2-8H,1H3,(H,18,20);1-7H,(H2,17,20)(H,18,21);1-7H,(H,17,19)(H,20,21);1-4H;2-4,10H,1H3;2*1-2H3;;1H3;1H2/q;;;;;;;;+1;;/p-1. The molecule has 5 heterocycles. The molecule has 0 fully saturated rings. The smallest absolute Gasteiger partial charge is 0.870 e. The molecule has 11 N–H and O–H groups in total. The minimum absolute atomic E-state index is 0. The summed E-state index contributed by atoms with van der Waals surface area (Å²) in [5, 5.41) is 58.0. The first-order valence-electron chi connectivity index (χ1n) is 34.3. The second-order valence-corrected chi connectivity index (χ2v) is 23.7. The average molecular weight is 1750 g/mol. The molecule has 5 aromatic heterocycles. The Morgan fingerprint density at radius 1 is 0.355 bits per heavy atom. The molecule has 39 heteroatoms. The van der Waals surface area contributed by atoms with E-state index in [1.54, 1.807) is 91.0 Å². The number of rotatable bonds is 13. The largest absolute Gasteiger partial charge is 1.00 e. The molecule has 620 valence electrons. The molecule has 0 radical (unpaired) electrons. The van der Waals surface area contributed by atoms with Crippen molar-refractivity contribution in [3.63, 3.8) is 0 Å². The number of phenolic OH excluding ortho intramolecular Hbond substituents is 1. The topological polar surface area (TPSA) is 470 Å². The minimum Gasteiger partial charge on any atom is -0.870 e. The van der Waals surface area contributed by atoms with Crippen LogP contribution in [0, 0.1) is 29.1 Å². The van der Waals surface area contributed by atoms with Gasteiger partial charge in [-0.15, -0.1) is 35.7 Å². The number of hydrogen-bond acceptors (Lipinski definition) is 25. The van der Waals surface area contributed by atoms with Crippen LogP contribution in [0.15, 0.2) is 227 Å². The number of nitrogens with zero attached hydrogens (tertiary/aromatic N) is 7. The van der Waals surface area contributed by atoms with Crippen molar-refractivity contribution >= 4 is 118 Å². The maximum atomic E-state index is 13.6. The number of halogens is 8. The van der Waals surface area contributed by atoms with E-state index >= 15 is 0 Å². The molecule has 0 aliphatic rings. The van der Waals surface area contributed by atoms with Crippen LogP contribution in [-0.4, -0.2) is 118 Å². The van der Waals surface area contributed by atoms with Crippen LogP contribution < -0.4 is 98.9 Å². The second-order valence-electron chi connectivity index (χ2n) is 22.7. The number of fused-ring (bicyclic) bond motifs is 5. The van der Waals surface area contributed by atoms with Crippen LogP contribution >= 0.6 is 34.8 Å². The summed E-state index contributed by atoms with van der Waals surface area (Å²) in [7, 11) is 3.48. The van der Waals surface area contributed by atoms with Gasteiger partial charge in [-0.1, -0.05) is 141 Å². The monoisotopic (exact) mass is 1750 g/mol. The van der Waals surface area contributed by atoms with E-state index < -0.39 is 64.4 Å². The number of phenols is 1. The van der Waals surface area contributed by atoms with Crippen molar-refractivity contribution in [1.29, 1.82) is 0 Å². The Labute approximate surface area is 738 Å². The Morgan fingerprint density at radius 2 is 0.595 bits per heavy atom. The number of nitrogens with one attached hydrogen (secondary N) is 3. The molecule has 0 atom stereocenters. The van der Waals surface area contributed by atoms with Crippen LogP contribution in [0.4, 0.5) is 22.0 Å². The van der Waals surface area contributed by atoms with Crippen LogP contribution in [0.25, 0.3) is 53.9 Å². The van der Waals surface area contributed by atoms with Gasteiger partial charge in [0.05, 0.1) is 81.5 Å². The van der Waals surface area contributed by atoms with Crippen molar-refractivity contribution < 1.29 is 146 Å². The van der Waals surface area contributed by atoms with Gasteiger partial charge in [0.15, 0.2) is 15.5 Å². The quantitative estimate of drug-likeness (QED) is 0.0244. The zero-order valence-electron chi connectivity index (χ0n) is 64.6. The van der Waals surface area contributed by atoms with Gasteiger partial charge in [0.2, 0.25) is 23.5 Å². The fraction of sp³-hybridized carbons (Fsp3) is 0.0854. The number of carboxylic acids is 1. The number of amides is 1. The van der Waals surface area contributed by atoms with Gasteiger partial charge in [0.1, 0.15) is 57.8 Å². The van der Waals surface area contributed by atoms with Crippen LogP contribution in [-0.2, 0) is 14.2 Å². The third-order valence-electron chi connectivity index (χ3n) is 15.5. The Hall–Kier alpha value is -13.3. The van der Waals surface area contributed by atoms with Gasteiger partial charge in [0.25, 0.3) is 22.6 Å². The third-order valence-corrected chi connectivity index (χ3v) is 16.3. The molecule has 121 heavy (non-hydrogen) atoms. The number of aromatic amines is 3. The molecule has 15 rings (SSSR count). The molecule has 0 unspecified atom stereocenters. The number of ether oxygens (including phenoxy) is 7. The van der Waals surface area contributed by atoms with Crippen molar-refractivity contribution in [2.45, 2.75) is 27.7 Å². The fourth-order valence-corrected chi connectivity index (χ4v) is 10.7. The van der Waals surface area contributed by atoms with E-state index in [9.17, 15) is 60.3 Å². The van der Waals surface area contributed by atoms with Gasteiger partial charge in [-0.3, -0.25) is 19.2 Å². The Morgan fingerprint density at radius 3 is 0.909 bits per heavy atom. The van der Waals surface area contributed by atoms with E-state index in [1.165, 1.54) is 49.6 Å². The number of methoxy groups -OCH3 is 3. The van der Waals surface area contributed by atoms with Crippen molar-refractivity contribution in [3.8, 4) is 52.3 Å².